The zero-order valence-electron chi connectivity index (χ0n) is 13.6. The summed E-state index contributed by atoms with van der Waals surface area (Å²) in [5.41, 5.74) is 0.448. The highest BCUT2D eigenvalue weighted by atomic mass is 19.1. The van der Waals surface area contributed by atoms with E-state index in [1.54, 1.807) is 11.0 Å². The van der Waals surface area contributed by atoms with Gasteiger partial charge in [-0.05, 0) is 39.3 Å². The second-order valence-corrected chi connectivity index (χ2v) is 6.52. The quantitative estimate of drug-likeness (QED) is 0.788. The van der Waals surface area contributed by atoms with Crippen molar-refractivity contribution in [1.82, 2.24) is 14.8 Å². The Morgan fingerprint density at radius 3 is 2.50 bits per heavy atom. The van der Waals surface area contributed by atoms with Crippen molar-refractivity contribution in [2.45, 2.75) is 39.3 Å². The third-order valence-corrected chi connectivity index (χ3v) is 3.68. The molecule has 1 atom stereocenters. The topological polar surface area (TPSA) is 45.7 Å². The Bertz CT molecular complexity index is 505. The lowest BCUT2D eigenvalue weighted by atomic mass is 10.1. The lowest BCUT2D eigenvalue weighted by Crippen LogP contribution is -2.50. The molecule has 1 amide bonds. The van der Waals surface area contributed by atoms with Crippen molar-refractivity contribution in [2.75, 3.05) is 26.2 Å². The highest BCUT2D eigenvalue weighted by Gasteiger charge is 2.28. The van der Waals surface area contributed by atoms with Gasteiger partial charge in [0.25, 0.3) is 0 Å². The predicted molar refractivity (Wildman–Crippen MR) is 80.8 cm³/mol. The van der Waals surface area contributed by atoms with Gasteiger partial charge in [-0.2, -0.15) is 4.39 Å². The SMILES string of the molecule is C[C@H](c1c[c]c(F)nc1)N1CCN(C(=O)OC(C)(C)C)CC1. The second-order valence-electron chi connectivity index (χ2n) is 6.52. The lowest BCUT2D eigenvalue weighted by molar-refractivity contribution is 0.0110. The molecule has 22 heavy (non-hydrogen) atoms. The smallest absolute Gasteiger partial charge is 0.410 e. The van der Waals surface area contributed by atoms with Crippen LogP contribution in [-0.4, -0.2) is 52.7 Å². The molecule has 1 aromatic rings. The molecule has 2 rings (SSSR count). The Balaban J connectivity index is 1.89. The number of piperazine rings is 1. The first-order valence-electron chi connectivity index (χ1n) is 7.51. The Labute approximate surface area is 131 Å². The number of amides is 1. The zero-order valence-corrected chi connectivity index (χ0v) is 13.6. The van der Waals surface area contributed by atoms with E-state index in [9.17, 15) is 9.18 Å². The number of hydrogen-bond donors (Lipinski definition) is 0. The van der Waals surface area contributed by atoms with Crippen LogP contribution in [0.1, 0.15) is 39.3 Å². The van der Waals surface area contributed by atoms with Crippen molar-refractivity contribution < 1.29 is 13.9 Å². The molecule has 0 bridgehead atoms. The van der Waals surface area contributed by atoms with Crippen LogP contribution in [0.3, 0.4) is 0 Å². The summed E-state index contributed by atoms with van der Waals surface area (Å²) in [6, 6.07) is 4.23. The summed E-state index contributed by atoms with van der Waals surface area (Å²) in [6.07, 6.45) is 1.27. The van der Waals surface area contributed by atoms with Crippen molar-refractivity contribution in [2.24, 2.45) is 0 Å². The standard InChI is InChI=1S/C16H23FN3O2/c1-12(13-5-6-14(17)18-11-13)19-7-9-20(10-8-19)15(21)22-16(2,3)4/h5,11-12H,7-10H2,1-4H3/t12-/m1/s1. The molecule has 0 aliphatic carbocycles. The van der Waals surface area contributed by atoms with Crippen LogP contribution in [-0.2, 0) is 4.74 Å². The Hall–Kier alpha value is -1.69. The van der Waals surface area contributed by atoms with Crippen LogP contribution in [0.4, 0.5) is 9.18 Å². The fourth-order valence-corrected chi connectivity index (χ4v) is 2.41. The maximum absolute atomic E-state index is 12.8. The number of carbonyl (C=O) groups is 1. The molecule has 6 heteroatoms. The average Bonchev–Trinajstić information content (AvgIpc) is 2.46. The van der Waals surface area contributed by atoms with Crippen LogP contribution in [0.25, 0.3) is 0 Å². The van der Waals surface area contributed by atoms with E-state index in [0.29, 0.717) is 13.1 Å². The average molecular weight is 308 g/mol. The number of halogens is 1. The van der Waals surface area contributed by atoms with E-state index in [1.165, 1.54) is 6.20 Å². The first kappa shape index (κ1) is 16.7. The molecule has 2 heterocycles. The van der Waals surface area contributed by atoms with Crippen molar-refractivity contribution in [1.29, 1.82) is 0 Å². The van der Waals surface area contributed by atoms with E-state index < -0.39 is 11.5 Å². The van der Waals surface area contributed by atoms with Crippen molar-refractivity contribution in [3.8, 4) is 0 Å². The Morgan fingerprint density at radius 1 is 1.36 bits per heavy atom. The molecule has 0 N–H and O–H groups in total. The summed E-state index contributed by atoms with van der Waals surface area (Å²) in [7, 11) is 0. The molecule has 0 saturated carbocycles. The van der Waals surface area contributed by atoms with E-state index >= 15 is 0 Å². The normalized spacial score (nSPS) is 18.1. The Kier molecular flexibility index (Phi) is 5.01. The van der Waals surface area contributed by atoms with Gasteiger partial charge in [0.05, 0.1) is 0 Å². The summed E-state index contributed by atoms with van der Waals surface area (Å²) < 4.78 is 18.2. The minimum atomic E-state index is -0.592. The van der Waals surface area contributed by atoms with Crippen LogP contribution in [0.2, 0.25) is 0 Å². The number of nitrogens with zero attached hydrogens (tertiary/aromatic N) is 3. The largest absolute Gasteiger partial charge is 0.444 e. The van der Waals surface area contributed by atoms with Gasteiger partial charge in [0.2, 0.25) is 5.95 Å². The highest BCUT2D eigenvalue weighted by molar-refractivity contribution is 5.68. The first-order valence-corrected chi connectivity index (χ1v) is 7.51. The minimum absolute atomic E-state index is 0.116. The Morgan fingerprint density at radius 2 is 2.00 bits per heavy atom. The third kappa shape index (κ3) is 4.40. The molecule has 121 valence electrons. The number of rotatable bonds is 2. The number of hydrogen-bond acceptors (Lipinski definition) is 4. The van der Waals surface area contributed by atoms with E-state index in [1.807, 2.05) is 27.7 Å². The van der Waals surface area contributed by atoms with Crippen LogP contribution in [0.5, 0.6) is 0 Å². The third-order valence-electron chi connectivity index (χ3n) is 3.68. The number of pyridine rings is 1. The molecule has 0 unspecified atom stereocenters. The maximum atomic E-state index is 12.8. The fraction of sp³-hybridized carbons (Fsp3) is 0.625. The zero-order chi connectivity index (χ0) is 16.3. The summed E-state index contributed by atoms with van der Waals surface area (Å²) in [6.45, 7) is 10.4. The molecule has 1 aliphatic rings. The van der Waals surface area contributed by atoms with E-state index in [-0.39, 0.29) is 12.1 Å². The van der Waals surface area contributed by atoms with Gasteiger partial charge in [0.15, 0.2) is 0 Å². The number of aromatic nitrogens is 1. The predicted octanol–water partition coefficient (Wildman–Crippen LogP) is 2.63. The maximum Gasteiger partial charge on any atom is 0.410 e. The summed E-state index contributed by atoms with van der Waals surface area (Å²) in [4.78, 5) is 19.6. The molecular formula is C16H23FN3O2. The van der Waals surface area contributed by atoms with Gasteiger partial charge in [-0.1, -0.05) is 0 Å². The monoisotopic (exact) mass is 308 g/mol. The molecule has 1 radical (unpaired) electrons. The van der Waals surface area contributed by atoms with E-state index in [0.717, 1.165) is 18.7 Å². The van der Waals surface area contributed by atoms with Crippen LogP contribution >= 0.6 is 0 Å². The molecule has 1 aromatic heterocycles. The van der Waals surface area contributed by atoms with Crippen molar-refractivity contribution in [3.63, 3.8) is 0 Å². The van der Waals surface area contributed by atoms with Gasteiger partial charge >= 0.3 is 6.09 Å². The molecule has 0 aromatic carbocycles. The van der Waals surface area contributed by atoms with Gasteiger partial charge in [-0.15, -0.1) is 0 Å². The van der Waals surface area contributed by atoms with Crippen LogP contribution < -0.4 is 0 Å². The van der Waals surface area contributed by atoms with Crippen LogP contribution in [0.15, 0.2) is 12.3 Å². The summed E-state index contributed by atoms with van der Waals surface area (Å²) in [5, 5.41) is 0. The fourth-order valence-electron chi connectivity index (χ4n) is 2.41. The van der Waals surface area contributed by atoms with E-state index in [4.69, 9.17) is 4.74 Å². The summed E-state index contributed by atoms with van der Waals surface area (Å²) >= 11 is 0. The van der Waals surface area contributed by atoms with Crippen molar-refractivity contribution >= 4 is 6.09 Å². The lowest BCUT2D eigenvalue weighted by Gasteiger charge is -2.38. The van der Waals surface area contributed by atoms with Crippen LogP contribution in [0, 0.1) is 12.0 Å². The molecule has 1 saturated heterocycles. The number of ether oxygens (including phenoxy) is 1. The van der Waals surface area contributed by atoms with Gasteiger partial charge in [-0.3, -0.25) is 4.90 Å². The number of carbonyl (C=O) groups excluding carboxylic acids is 1. The molecule has 1 fully saturated rings. The molecule has 5 nitrogen and oxygen atoms in total. The second kappa shape index (κ2) is 6.60. The van der Waals surface area contributed by atoms with Crippen molar-refractivity contribution in [3.05, 3.63) is 29.8 Å². The van der Waals surface area contributed by atoms with Gasteiger partial charge in [0, 0.05) is 44.5 Å². The highest BCUT2D eigenvalue weighted by Crippen LogP contribution is 2.21. The van der Waals surface area contributed by atoms with Gasteiger partial charge in [0.1, 0.15) is 5.60 Å². The molecular weight excluding hydrogens is 285 g/mol. The summed E-state index contributed by atoms with van der Waals surface area (Å²) in [5.74, 6) is -0.592. The first-order chi connectivity index (χ1) is 10.3. The van der Waals surface area contributed by atoms with E-state index in [2.05, 4.69) is 16.0 Å². The minimum Gasteiger partial charge on any atom is -0.444 e. The molecule has 1 aliphatic heterocycles. The van der Waals surface area contributed by atoms with Gasteiger partial charge < -0.3 is 9.64 Å². The molecule has 0 spiro atoms. The van der Waals surface area contributed by atoms with Gasteiger partial charge in [-0.25, -0.2) is 9.78 Å².